The number of aromatic hydroxyl groups is 1. The second kappa shape index (κ2) is 18.3. The summed E-state index contributed by atoms with van der Waals surface area (Å²) < 4.78 is 42.6. The number of methoxy groups -OCH3 is 5. The van der Waals surface area contributed by atoms with Crippen LogP contribution in [-0.2, 0) is 0 Å². The number of esters is 3. The summed E-state index contributed by atoms with van der Waals surface area (Å²) in [5, 5.41) is 13.1. The fourth-order valence-electron chi connectivity index (χ4n) is 5.71. The maximum atomic E-state index is 13.0. The van der Waals surface area contributed by atoms with Crippen LogP contribution in [0.3, 0.4) is 0 Å². The first-order chi connectivity index (χ1) is 28.5. The van der Waals surface area contributed by atoms with Crippen LogP contribution in [0.25, 0.3) is 11.1 Å². The van der Waals surface area contributed by atoms with Crippen LogP contribution >= 0.6 is 0 Å². The number of phenols is 1. The molecule has 0 fully saturated rings. The monoisotopic (exact) mass is 799 g/mol. The zero-order valence-electron chi connectivity index (χ0n) is 32.4. The van der Waals surface area contributed by atoms with Gasteiger partial charge in [-0.15, -0.1) is 0 Å². The van der Waals surface area contributed by atoms with Crippen molar-refractivity contribution in [2.24, 2.45) is 0 Å². The predicted molar refractivity (Wildman–Crippen MR) is 215 cm³/mol. The third-order valence-corrected chi connectivity index (χ3v) is 8.82. The number of hydrogen-bond acceptors (Lipinski definition) is 13. The molecule has 0 spiro atoms. The van der Waals surface area contributed by atoms with Gasteiger partial charge in [0.25, 0.3) is 5.91 Å². The molecule has 0 saturated heterocycles. The third kappa shape index (κ3) is 9.52. The molecule has 1 amide bonds. The molecular formula is C45H37NO13. The molecule has 6 aromatic carbocycles. The van der Waals surface area contributed by atoms with Gasteiger partial charge in [-0.2, -0.15) is 0 Å². The minimum Gasteiger partial charge on any atom is -0.507 e. The summed E-state index contributed by atoms with van der Waals surface area (Å²) >= 11 is 0. The Morgan fingerprint density at radius 2 is 0.814 bits per heavy atom. The number of benzene rings is 6. The fraction of sp³-hybridized carbons (Fsp3) is 0.111. The van der Waals surface area contributed by atoms with E-state index in [-0.39, 0.29) is 57.1 Å². The van der Waals surface area contributed by atoms with Crippen molar-refractivity contribution >= 4 is 29.5 Å². The normalized spacial score (nSPS) is 10.5. The van der Waals surface area contributed by atoms with E-state index in [4.69, 9.17) is 37.9 Å². The van der Waals surface area contributed by atoms with Gasteiger partial charge in [0.05, 0.1) is 41.1 Å². The number of carbonyl (C=O) groups is 4. The van der Waals surface area contributed by atoms with Crippen LogP contribution < -0.4 is 43.2 Å². The first-order valence-electron chi connectivity index (χ1n) is 17.7. The molecule has 2 N–H and O–H groups in total. The van der Waals surface area contributed by atoms with Crippen LogP contribution in [0.5, 0.6) is 51.7 Å². The Balaban J connectivity index is 1.00. The van der Waals surface area contributed by atoms with Gasteiger partial charge >= 0.3 is 17.9 Å². The Hall–Kier alpha value is -8.00. The molecule has 0 unspecified atom stereocenters. The van der Waals surface area contributed by atoms with Crippen molar-refractivity contribution in [2.75, 3.05) is 40.9 Å². The number of carbonyl (C=O) groups excluding carboxylic acids is 4. The summed E-state index contributed by atoms with van der Waals surface area (Å²) in [4.78, 5) is 51.5. The highest BCUT2D eigenvalue weighted by atomic mass is 16.6. The van der Waals surface area contributed by atoms with Crippen LogP contribution in [0.4, 0.5) is 5.69 Å². The zero-order chi connectivity index (χ0) is 42.1. The number of hydrogen-bond donors (Lipinski definition) is 2. The molecule has 0 saturated carbocycles. The standard InChI is InChI=1S/C45H37NO13/c1-52-37-25-41(56-5)39(54-3)23-35(37)45(51)59-32-18-10-28(11-19-32)42(48)46-30-14-6-26(7-15-30)27-8-16-31(17-9-27)57-43(49)29-12-20-33(21-13-29)58-44(50)34-22-38(53-2)40(55-4)24-36(34)47/h6-25,47H,1-5H3,(H,46,48). The van der Waals surface area contributed by atoms with Gasteiger partial charge in [-0.05, 0) is 83.9 Å². The molecule has 59 heavy (non-hydrogen) atoms. The smallest absolute Gasteiger partial charge is 0.347 e. The van der Waals surface area contributed by atoms with Gasteiger partial charge in [0.15, 0.2) is 23.0 Å². The van der Waals surface area contributed by atoms with E-state index in [1.54, 1.807) is 36.4 Å². The van der Waals surface area contributed by atoms with Gasteiger partial charge < -0.3 is 48.3 Å². The predicted octanol–water partition coefficient (Wildman–Crippen LogP) is 8.01. The number of ether oxygens (including phenoxy) is 8. The lowest BCUT2D eigenvalue weighted by molar-refractivity contribution is 0.0719. The molecule has 14 nitrogen and oxygen atoms in total. The quantitative estimate of drug-likeness (QED) is 0.0802. The van der Waals surface area contributed by atoms with Crippen LogP contribution in [0, 0.1) is 0 Å². The molecule has 0 radical (unpaired) electrons. The van der Waals surface area contributed by atoms with Gasteiger partial charge in [-0.25, -0.2) is 14.4 Å². The van der Waals surface area contributed by atoms with Crippen LogP contribution in [0.1, 0.15) is 41.4 Å². The second-order valence-corrected chi connectivity index (χ2v) is 12.4. The van der Waals surface area contributed by atoms with Crippen LogP contribution in [-0.4, -0.2) is 64.5 Å². The van der Waals surface area contributed by atoms with Crippen molar-refractivity contribution in [3.8, 4) is 62.9 Å². The van der Waals surface area contributed by atoms with Crippen molar-refractivity contribution in [3.05, 3.63) is 144 Å². The number of amides is 1. The maximum Gasteiger partial charge on any atom is 0.347 e. The summed E-state index contributed by atoms with van der Waals surface area (Å²) in [7, 11) is 7.15. The lowest BCUT2D eigenvalue weighted by Crippen LogP contribution is -2.13. The maximum absolute atomic E-state index is 13.0. The van der Waals surface area contributed by atoms with Crippen molar-refractivity contribution in [2.45, 2.75) is 0 Å². The Bertz CT molecular complexity index is 2480. The number of nitrogens with one attached hydrogen (secondary N) is 1. The first kappa shape index (κ1) is 40.7. The molecule has 6 aromatic rings. The minimum atomic E-state index is -0.835. The second-order valence-electron chi connectivity index (χ2n) is 12.4. The molecular weight excluding hydrogens is 762 g/mol. The largest absolute Gasteiger partial charge is 0.507 e. The lowest BCUT2D eigenvalue weighted by Gasteiger charge is -2.13. The highest BCUT2D eigenvalue weighted by molar-refractivity contribution is 6.04. The fourth-order valence-corrected chi connectivity index (χ4v) is 5.71. The minimum absolute atomic E-state index is 0.130. The molecule has 0 atom stereocenters. The highest BCUT2D eigenvalue weighted by Gasteiger charge is 2.21. The number of anilines is 1. The highest BCUT2D eigenvalue weighted by Crippen LogP contribution is 2.36. The Labute approximate surface area is 338 Å². The SMILES string of the molecule is COc1cc(O)c(C(=O)Oc2ccc(C(=O)Oc3ccc(-c4ccc(NC(=O)c5ccc(OC(=O)c6cc(OC)c(OC)cc6OC)cc5)cc4)cc3)cc2)cc1OC. The van der Waals surface area contributed by atoms with Gasteiger partial charge in [0.1, 0.15) is 39.9 Å². The summed E-state index contributed by atoms with van der Waals surface area (Å²) in [5.74, 6) is -0.732. The van der Waals surface area contributed by atoms with E-state index in [1.165, 1.54) is 108 Å². The van der Waals surface area contributed by atoms with E-state index >= 15 is 0 Å². The summed E-state index contributed by atoms with van der Waals surface area (Å²) in [6.45, 7) is 0. The van der Waals surface area contributed by atoms with E-state index in [9.17, 15) is 24.3 Å². The zero-order valence-corrected chi connectivity index (χ0v) is 32.4. The molecule has 0 aliphatic carbocycles. The summed E-state index contributed by atoms with van der Waals surface area (Å²) in [6.07, 6.45) is 0. The molecule has 0 heterocycles. The summed E-state index contributed by atoms with van der Waals surface area (Å²) in [6, 6.07) is 31.4. The lowest BCUT2D eigenvalue weighted by atomic mass is 10.1. The Morgan fingerprint density at radius 3 is 1.32 bits per heavy atom. The van der Waals surface area contributed by atoms with E-state index < -0.39 is 17.9 Å². The Morgan fingerprint density at radius 1 is 0.424 bits per heavy atom. The first-order valence-corrected chi connectivity index (χ1v) is 17.7. The van der Waals surface area contributed by atoms with Crippen molar-refractivity contribution in [3.63, 3.8) is 0 Å². The van der Waals surface area contributed by atoms with Gasteiger partial charge in [0.2, 0.25) is 0 Å². The topological polar surface area (TPSA) is 174 Å². The van der Waals surface area contributed by atoms with E-state index in [0.29, 0.717) is 28.5 Å². The van der Waals surface area contributed by atoms with Gasteiger partial charge in [0, 0.05) is 35.5 Å². The Kier molecular flexibility index (Phi) is 12.6. The number of phenolic OH excluding ortho intramolecular Hbond substituents is 1. The molecule has 0 aliphatic rings. The van der Waals surface area contributed by atoms with Crippen LogP contribution in [0.2, 0.25) is 0 Å². The van der Waals surface area contributed by atoms with E-state index in [1.807, 2.05) is 12.1 Å². The molecule has 14 heteroatoms. The molecule has 300 valence electrons. The van der Waals surface area contributed by atoms with Gasteiger partial charge in [-0.1, -0.05) is 24.3 Å². The molecule has 6 rings (SSSR count). The third-order valence-electron chi connectivity index (χ3n) is 8.82. The van der Waals surface area contributed by atoms with E-state index in [2.05, 4.69) is 5.32 Å². The average Bonchev–Trinajstić information content (AvgIpc) is 3.26. The van der Waals surface area contributed by atoms with Crippen molar-refractivity contribution in [1.82, 2.24) is 0 Å². The van der Waals surface area contributed by atoms with Crippen molar-refractivity contribution < 1.29 is 62.2 Å². The molecule has 0 bridgehead atoms. The molecule has 0 aliphatic heterocycles. The van der Waals surface area contributed by atoms with Crippen molar-refractivity contribution in [1.29, 1.82) is 0 Å². The van der Waals surface area contributed by atoms with Gasteiger partial charge in [-0.3, -0.25) is 4.79 Å². The molecule has 0 aromatic heterocycles. The number of rotatable bonds is 14. The average molecular weight is 800 g/mol. The van der Waals surface area contributed by atoms with E-state index in [0.717, 1.165) is 11.1 Å². The van der Waals surface area contributed by atoms with Crippen LogP contribution in [0.15, 0.2) is 121 Å². The summed E-state index contributed by atoms with van der Waals surface area (Å²) in [5.41, 5.74) is 2.81.